The number of alkyl carbamates (subject to hydrolysis) is 1. The van der Waals surface area contributed by atoms with Gasteiger partial charge in [-0.2, -0.15) is 0 Å². The summed E-state index contributed by atoms with van der Waals surface area (Å²) >= 11 is 12.2. The number of nitrogens with one attached hydrogen (secondary N) is 1. The summed E-state index contributed by atoms with van der Waals surface area (Å²) in [5, 5.41) is 12.8. The summed E-state index contributed by atoms with van der Waals surface area (Å²) in [6, 6.07) is 20.1. The second-order valence-electron chi connectivity index (χ2n) is 7.61. The van der Waals surface area contributed by atoms with Gasteiger partial charge in [-0.25, -0.2) is 9.59 Å². The largest absolute Gasteiger partial charge is 0.480 e. The van der Waals surface area contributed by atoms with Crippen molar-refractivity contribution in [1.29, 1.82) is 0 Å². The van der Waals surface area contributed by atoms with Gasteiger partial charge in [-0.05, 0) is 46.7 Å². The standard InChI is InChI=1S/C25H21Cl2NO4/c26-21-11-5-6-15(23(21)27)12-13-22(24(29)30)28-25(31)32-14-20-18-9-3-1-7-16(18)17-8-2-4-10-19(17)20/h1-11,20,22H,12-14H2,(H,28,31)(H,29,30)/t22-/m1/s1. The Hall–Kier alpha value is -3.02. The molecule has 0 heterocycles. The van der Waals surface area contributed by atoms with Crippen LogP contribution in [0.2, 0.25) is 10.0 Å². The monoisotopic (exact) mass is 469 g/mol. The number of benzene rings is 3. The molecule has 2 N–H and O–H groups in total. The second-order valence-corrected chi connectivity index (χ2v) is 8.40. The first-order valence-electron chi connectivity index (χ1n) is 10.2. The van der Waals surface area contributed by atoms with Gasteiger partial charge in [-0.1, -0.05) is 83.9 Å². The Balaban J connectivity index is 1.39. The summed E-state index contributed by atoms with van der Waals surface area (Å²) in [7, 11) is 0. The number of rotatable bonds is 7. The van der Waals surface area contributed by atoms with Crippen LogP contribution in [0.5, 0.6) is 0 Å². The summed E-state index contributed by atoms with van der Waals surface area (Å²) < 4.78 is 5.45. The zero-order chi connectivity index (χ0) is 22.7. The van der Waals surface area contributed by atoms with Crippen molar-refractivity contribution in [3.63, 3.8) is 0 Å². The molecule has 0 saturated heterocycles. The van der Waals surface area contributed by atoms with E-state index in [1.165, 1.54) is 0 Å². The minimum absolute atomic E-state index is 0.0957. The third-order valence-electron chi connectivity index (χ3n) is 5.67. The lowest BCUT2D eigenvalue weighted by Crippen LogP contribution is -2.41. The molecule has 1 atom stereocenters. The van der Waals surface area contributed by atoms with Crippen molar-refractivity contribution in [3.05, 3.63) is 93.5 Å². The molecule has 0 aromatic heterocycles. The number of halogens is 2. The van der Waals surface area contributed by atoms with Gasteiger partial charge in [-0.15, -0.1) is 0 Å². The molecule has 0 aliphatic heterocycles. The molecule has 0 saturated carbocycles. The molecule has 3 aromatic carbocycles. The molecule has 164 valence electrons. The molecule has 0 radical (unpaired) electrons. The maximum atomic E-state index is 12.4. The van der Waals surface area contributed by atoms with Crippen molar-refractivity contribution in [2.75, 3.05) is 6.61 Å². The smallest absolute Gasteiger partial charge is 0.407 e. The molecule has 0 bridgehead atoms. The maximum Gasteiger partial charge on any atom is 0.407 e. The summed E-state index contributed by atoms with van der Waals surface area (Å²) in [6.45, 7) is 0.117. The zero-order valence-corrected chi connectivity index (χ0v) is 18.6. The first kappa shape index (κ1) is 22.2. The highest BCUT2D eigenvalue weighted by molar-refractivity contribution is 6.42. The number of carboxylic acids is 1. The van der Waals surface area contributed by atoms with E-state index in [2.05, 4.69) is 17.4 Å². The van der Waals surface area contributed by atoms with Crippen LogP contribution in [0.15, 0.2) is 66.7 Å². The number of carbonyl (C=O) groups excluding carboxylic acids is 1. The van der Waals surface area contributed by atoms with Crippen LogP contribution in [0.3, 0.4) is 0 Å². The first-order chi connectivity index (χ1) is 15.5. The van der Waals surface area contributed by atoms with Gasteiger partial charge in [-0.3, -0.25) is 0 Å². The van der Waals surface area contributed by atoms with Crippen molar-refractivity contribution >= 4 is 35.3 Å². The molecule has 1 amide bonds. The number of hydrogen-bond acceptors (Lipinski definition) is 3. The number of ether oxygens (including phenoxy) is 1. The average molecular weight is 470 g/mol. The SMILES string of the molecule is O=C(N[C@H](CCc1cccc(Cl)c1Cl)C(=O)O)OCC1c2ccccc2-c2ccccc21. The molecular weight excluding hydrogens is 449 g/mol. The molecule has 4 rings (SSSR count). The Morgan fingerprint density at radius 1 is 0.938 bits per heavy atom. The van der Waals surface area contributed by atoms with Gasteiger partial charge in [0.1, 0.15) is 12.6 Å². The van der Waals surface area contributed by atoms with Gasteiger partial charge in [0.25, 0.3) is 0 Å². The van der Waals surface area contributed by atoms with Crippen LogP contribution in [0.4, 0.5) is 4.79 Å². The number of carboxylic acid groups (broad SMARTS) is 1. The van der Waals surface area contributed by atoms with Gasteiger partial charge >= 0.3 is 12.1 Å². The van der Waals surface area contributed by atoms with E-state index in [9.17, 15) is 14.7 Å². The topological polar surface area (TPSA) is 75.6 Å². The van der Waals surface area contributed by atoms with E-state index in [1.54, 1.807) is 18.2 Å². The number of aryl methyl sites for hydroxylation is 1. The predicted molar refractivity (Wildman–Crippen MR) is 124 cm³/mol. The van der Waals surface area contributed by atoms with Crippen LogP contribution in [0.25, 0.3) is 11.1 Å². The molecular formula is C25H21Cl2NO4. The van der Waals surface area contributed by atoms with Crippen molar-refractivity contribution in [2.24, 2.45) is 0 Å². The molecule has 0 fully saturated rings. The molecule has 5 nitrogen and oxygen atoms in total. The van der Waals surface area contributed by atoms with Gasteiger partial charge in [0.05, 0.1) is 10.0 Å². The molecule has 0 spiro atoms. The highest BCUT2D eigenvalue weighted by Gasteiger charge is 2.29. The summed E-state index contributed by atoms with van der Waals surface area (Å²) in [5.74, 6) is -1.24. The van der Waals surface area contributed by atoms with E-state index < -0.39 is 18.1 Å². The van der Waals surface area contributed by atoms with E-state index in [4.69, 9.17) is 27.9 Å². The third-order valence-corrected chi connectivity index (χ3v) is 6.53. The van der Waals surface area contributed by atoms with E-state index in [0.717, 1.165) is 27.8 Å². The molecule has 7 heteroatoms. The highest BCUT2D eigenvalue weighted by Crippen LogP contribution is 2.44. The van der Waals surface area contributed by atoms with E-state index in [1.807, 2.05) is 36.4 Å². The van der Waals surface area contributed by atoms with Crippen LogP contribution in [-0.4, -0.2) is 29.8 Å². The van der Waals surface area contributed by atoms with Crippen molar-refractivity contribution in [1.82, 2.24) is 5.32 Å². The van der Waals surface area contributed by atoms with Gasteiger partial charge in [0, 0.05) is 5.92 Å². The number of fused-ring (bicyclic) bond motifs is 3. The van der Waals surface area contributed by atoms with Crippen molar-refractivity contribution < 1.29 is 19.4 Å². The van der Waals surface area contributed by atoms with Gasteiger partial charge in [0.15, 0.2) is 0 Å². The Morgan fingerprint density at radius 3 is 2.19 bits per heavy atom. The lowest BCUT2D eigenvalue weighted by molar-refractivity contribution is -0.139. The van der Waals surface area contributed by atoms with E-state index >= 15 is 0 Å². The van der Waals surface area contributed by atoms with E-state index in [0.29, 0.717) is 16.5 Å². The Kier molecular flexibility index (Phi) is 6.68. The number of carbonyl (C=O) groups is 2. The predicted octanol–water partition coefficient (Wildman–Crippen LogP) is 5.92. The summed E-state index contributed by atoms with van der Waals surface area (Å²) in [6.07, 6.45) is -0.268. The minimum atomic E-state index is -1.14. The lowest BCUT2D eigenvalue weighted by atomic mass is 9.98. The Labute approximate surface area is 195 Å². The Morgan fingerprint density at radius 2 is 1.56 bits per heavy atom. The fourth-order valence-electron chi connectivity index (χ4n) is 4.08. The van der Waals surface area contributed by atoms with Crippen LogP contribution in [0.1, 0.15) is 29.0 Å². The molecule has 3 aromatic rings. The van der Waals surface area contributed by atoms with E-state index in [-0.39, 0.29) is 18.9 Å². The van der Waals surface area contributed by atoms with Gasteiger partial charge < -0.3 is 15.2 Å². The second kappa shape index (κ2) is 9.63. The third kappa shape index (κ3) is 4.59. The molecule has 32 heavy (non-hydrogen) atoms. The fourth-order valence-corrected chi connectivity index (χ4v) is 4.50. The van der Waals surface area contributed by atoms with Crippen LogP contribution in [-0.2, 0) is 16.0 Å². The first-order valence-corrected chi connectivity index (χ1v) is 11.0. The zero-order valence-electron chi connectivity index (χ0n) is 17.1. The lowest BCUT2D eigenvalue weighted by Gasteiger charge is -2.18. The molecule has 1 aliphatic rings. The number of amides is 1. The highest BCUT2D eigenvalue weighted by atomic mass is 35.5. The normalized spacial score (nSPS) is 13.2. The van der Waals surface area contributed by atoms with Crippen LogP contribution >= 0.6 is 23.2 Å². The van der Waals surface area contributed by atoms with Crippen molar-refractivity contribution in [3.8, 4) is 11.1 Å². The number of hydrogen-bond donors (Lipinski definition) is 2. The van der Waals surface area contributed by atoms with Gasteiger partial charge in [0.2, 0.25) is 0 Å². The maximum absolute atomic E-state index is 12.4. The average Bonchev–Trinajstić information content (AvgIpc) is 3.11. The fraction of sp³-hybridized carbons (Fsp3) is 0.200. The quantitative estimate of drug-likeness (QED) is 0.450. The van der Waals surface area contributed by atoms with Crippen molar-refractivity contribution in [2.45, 2.75) is 24.8 Å². The van der Waals surface area contributed by atoms with Crippen LogP contribution < -0.4 is 5.32 Å². The van der Waals surface area contributed by atoms with Crippen LogP contribution in [0, 0.1) is 0 Å². The Bertz CT molecular complexity index is 1120. The minimum Gasteiger partial charge on any atom is -0.480 e. The molecule has 1 aliphatic carbocycles. The number of aliphatic carboxylic acids is 1. The summed E-state index contributed by atoms with van der Waals surface area (Å²) in [4.78, 5) is 24.1. The summed E-state index contributed by atoms with van der Waals surface area (Å²) in [5.41, 5.74) is 5.15. The molecule has 0 unspecified atom stereocenters.